The Morgan fingerprint density at radius 3 is 2.95 bits per heavy atom. The molecular formula is C15H17NO3. The molecule has 0 saturated carbocycles. The molecule has 2 N–H and O–H groups in total. The highest BCUT2D eigenvalue weighted by Crippen LogP contribution is 2.17. The van der Waals surface area contributed by atoms with Crippen molar-refractivity contribution in [3.63, 3.8) is 0 Å². The SMILES string of the molecule is Cc1ccc(C#CCO)cc1C(=O)N1CCC(O)C1. The molecule has 1 aromatic rings. The molecule has 19 heavy (non-hydrogen) atoms. The van der Waals surface area contributed by atoms with Gasteiger partial charge in [-0.3, -0.25) is 4.79 Å². The molecule has 1 atom stereocenters. The zero-order chi connectivity index (χ0) is 13.8. The Balaban J connectivity index is 2.25. The van der Waals surface area contributed by atoms with E-state index in [1.165, 1.54) is 0 Å². The van der Waals surface area contributed by atoms with E-state index in [1.54, 1.807) is 11.0 Å². The average molecular weight is 259 g/mol. The number of β-amino-alcohol motifs (C(OH)–C–C–N with tert-alkyl or cyclic N) is 1. The molecule has 1 aliphatic heterocycles. The molecule has 0 bridgehead atoms. The quantitative estimate of drug-likeness (QED) is 0.724. The van der Waals surface area contributed by atoms with Gasteiger partial charge in [-0.2, -0.15) is 0 Å². The van der Waals surface area contributed by atoms with Crippen LogP contribution in [0.1, 0.15) is 27.9 Å². The number of likely N-dealkylation sites (tertiary alicyclic amines) is 1. The molecule has 0 radical (unpaired) electrons. The van der Waals surface area contributed by atoms with E-state index in [0.717, 1.165) is 5.56 Å². The highest BCUT2D eigenvalue weighted by Gasteiger charge is 2.26. The number of hydrogen-bond acceptors (Lipinski definition) is 3. The van der Waals surface area contributed by atoms with Gasteiger partial charge in [0.1, 0.15) is 6.61 Å². The van der Waals surface area contributed by atoms with Crippen molar-refractivity contribution >= 4 is 5.91 Å². The number of hydrogen-bond donors (Lipinski definition) is 2. The minimum atomic E-state index is -0.415. The van der Waals surface area contributed by atoms with Crippen LogP contribution >= 0.6 is 0 Å². The van der Waals surface area contributed by atoms with E-state index in [2.05, 4.69) is 11.8 Å². The Bertz CT molecular complexity index is 542. The van der Waals surface area contributed by atoms with E-state index < -0.39 is 6.10 Å². The van der Waals surface area contributed by atoms with E-state index in [4.69, 9.17) is 5.11 Å². The van der Waals surface area contributed by atoms with Gasteiger partial charge in [0.2, 0.25) is 0 Å². The van der Waals surface area contributed by atoms with Gasteiger partial charge in [-0.15, -0.1) is 0 Å². The molecule has 0 aromatic heterocycles. The second-order valence-electron chi connectivity index (χ2n) is 4.68. The zero-order valence-corrected chi connectivity index (χ0v) is 10.9. The first-order valence-corrected chi connectivity index (χ1v) is 6.29. The van der Waals surface area contributed by atoms with Crippen molar-refractivity contribution < 1.29 is 15.0 Å². The number of carbonyl (C=O) groups is 1. The van der Waals surface area contributed by atoms with Crippen molar-refractivity contribution in [2.24, 2.45) is 0 Å². The maximum atomic E-state index is 12.4. The molecule has 1 aromatic carbocycles. The van der Waals surface area contributed by atoms with Gasteiger partial charge in [-0.25, -0.2) is 0 Å². The predicted octanol–water partition coefficient (Wildman–Crippen LogP) is 0.546. The van der Waals surface area contributed by atoms with Crippen LogP contribution < -0.4 is 0 Å². The Morgan fingerprint density at radius 2 is 2.32 bits per heavy atom. The number of benzene rings is 1. The van der Waals surface area contributed by atoms with E-state index >= 15 is 0 Å². The van der Waals surface area contributed by atoms with Crippen LogP contribution in [0.25, 0.3) is 0 Å². The van der Waals surface area contributed by atoms with Gasteiger partial charge >= 0.3 is 0 Å². The van der Waals surface area contributed by atoms with Crippen LogP contribution in [0.2, 0.25) is 0 Å². The van der Waals surface area contributed by atoms with Crippen molar-refractivity contribution in [2.45, 2.75) is 19.4 Å². The summed E-state index contributed by atoms with van der Waals surface area (Å²) in [5, 5.41) is 18.2. The van der Waals surface area contributed by atoms with Gasteiger partial charge in [0.05, 0.1) is 6.10 Å². The highest BCUT2D eigenvalue weighted by molar-refractivity contribution is 5.96. The third-order valence-corrected chi connectivity index (χ3v) is 3.23. The van der Waals surface area contributed by atoms with Gasteiger partial charge in [0.25, 0.3) is 5.91 Å². The molecule has 1 heterocycles. The number of aliphatic hydroxyl groups excluding tert-OH is 2. The summed E-state index contributed by atoms with van der Waals surface area (Å²) in [6.45, 7) is 2.66. The number of carbonyl (C=O) groups excluding carboxylic acids is 1. The molecule has 100 valence electrons. The fraction of sp³-hybridized carbons (Fsp3) is 0.400. The van der Waals surface area contributed by atoms with E-state index in [-0.39, 0.29) is 12.5 Å². The zero-order valence-electron chi connectivity index (χ0n) is 10.9. The molecule has 0 spiro atoms. The summed E-state index contributed by atoms with van der Waals surface area (Å²) < 4.78 is 0. The maximum Gasteiger partial charge on any atom is 0.254 e. The van der Waals surface area contributed by atoms with Crippen LogP contribution in [0.3, 0.4) is 0 Å². The molecule has 1 fully saturated rings. The predicted molar refractivity (Wildman–Crippen MR) is 71.7 cm³/mol. The van der Waals surface area contributed by atoms with Gasteiger partial charge in [0.15, 0.2) is 0 Å². The number of nitrogens with zero attached hydrogens (tertiary/aromatic N) is 1. The topological polar surface area (TPSA) is 60.8 Å². The molecule has 1 aliphatic rings. The number of aryl methyl sites for hydroxylation is 1. The lowest BCUT2D eigenvalue weighted by Crippen LogP contribution is -2.30. The third kappa shape index (κ3) is 3.14. The van der Waals surface area contributed by atoms with Crippen LogP contribution in [-0.4, -0.2) is 46.8 Å². The van der Waals surface area contributed by atoms with Crippen LogP contribution in [0.15, 0.2) is 18.2 Å². The van der Waals surface area contributed by atoms with Crippen molar-refractivity contribution in [1.82, 2.24) is 4.90 Å². The second-order valence-corrected chi connectivity index (χ2v) is 4.68. The molecule has 0 aliphatic carbocycles. The van der Waals surface area contributed by atoms with Gasteiger partial charge < -0.3 is 15.1 Å². The summed E-state index contributed by atoms with van der Waals surface area (Å²) in [5.74, 6) is 5.30. The van der Waals surface area contributed by atoms with Crippen LogP contribution in [0, 0.1) is 18.8 Å². The first-order valence-electron chi connectivity index (χ1n) is 6.29. The summed E-state index contributed by atoms with van der Waals surface area (Å²) in [4.78, 5) is 14.0. The van der Waals surface area contributed by atoms with Crippen molar-refractivity contribution in [3.8, 4) is 11.8 Å². The van der Waals surface area contributed by atoms with Crippen molar-refractivity contribution in [2.75, 3.05) is 19.7 Å². The number of rotatable bonds is 1. The lowest BCUT2D eigenvalue weighted by Gasteiger charge is -2.17. The van der Waals surface area contributed by atoms with E-state index in [1.807, 2.05) is 19.1 Å². The molecular weight excluding hydrogens is 242 g/mol. The summed E-state index contributed by atoms with van der Waals surface area (Å²) >= 11 is 0. The standard InChI is InChI=1S/C15H17NO3/c1-11-4-5-12(3-2-8-17)9-14(11)15(19)16-7-6-13(18)10-16/h4-5,9,13,17-18H,6-8,10H2,1H3. The summed E-state index contributed by atoms with van der Waals surface area (Å²) in [6.07, 6.45) is 0.219. The maximum absolute atomic E-state index is 12.4. The molecule has 1 unspecified atom stereocenters. The third-order valence-electron chi connectivity index (χ3n) is 3.23. The minimum absolute atomic E-state index is 0.0679. The Hall–Kier alpha value is -1.83. The van der Waals surface area contributed by atoms with Gasteiger partial charge in [0, 0.05) is 24.2 Å². The lowest BCUT2D eigenvalue weighted by molar-refractivity contribution is 0.0764. The second kappa shape index (κ2) is 5.87. The van der Waals surface area contributed by atoms with Crippen LogP contribution in [0.5, 0.6) is 0 Å². The largest absolute Gasteiger partial charge is 0.391 e. The van der Waals surface area contributed by atoms with E-state index in [0.29, 0.717) is 30.6 Å². The molecule has 4 nitrogen and oxygen atoms in total. The van der Waals surface area contributed by atoms with Gasteiger partial charge in [-0.05, 0) is 31.0 Å². The monoisotopic (exact) mass is 259 g/mol. The molecule has 1 amide bonds. The first kappa shape index (κ1) is 13.6. The minimum Gasteiger partial charge on any atom is -0.391 e. The summed E-state index contributed by atoms with van der Waals surface area (Å²) in [5.41, 5.74) is 2.21. The molecule has 1 saturated heterocycles. The summed E-state index contributed by atoms with van der Waals surface area (Å²) in [6, 6.07) is 5.42. The lowest BCUT2D eigenvalue weighted by atomic mass is 10.0. The average Bonchev–Trinajstić information content (AvgIpc) is 2.84. The van der Waals surface area contributed by atoms with Crippen LogP contribution in [0.4, 0.5) is 0 Å². The molecule has 4 heteroatoms. The van der Waals surface area contributed by atoms with Gasteiger partial charge in [-0.1, -0.05) is 17.9 Å². The summed E-state index contributed by atoms with van der Waals surface area (Å²) in [7, 11) is 0. The first-order chi connectivity index (χ1) is 9.11. The Kier molecular flexibility index (Phi) is 4.20. The number of amides is 1. The smallest absolute Gasteiger partial charge is 0.254 e. The van der Waals surface area contributed by atoms with Crippen LogP contribution in [-0.2, 0) is 0 Å². The van der Waals surface area contributed by atoms with E-state index in [9.17, 15) is 9.90 Å². The Morgan fingerprint density at radius 1 is 1.53 bits per heavy atom. The number of aliphatic hydroxyl groups is 2. The highest BCUT2D eigenvalue weighted by atomic mass is 16.3. The van der Waals surface area contributed by atoms with Crippen molar-refractivity contribution in [3.05, 3.63) is 34.9 Å². The Labute approximate surface area is 112 Å². The fourth-order valence-electron chi connectivity index (χ4n) is 2.17. The normalized spacial score (nSPS) is 18.1. The fourth-order valence-corrected chi connectivity index (χ4v) is 2.17. The van der Waals surface area contributed by atoms with Crippen molar-refractivity contribution in [1.29, 1.82) is 0 Å². The molecule has 2 rings (SSSR count).